The Balaban J connectivity index is 0.000000366. The maximum absolute atomic E-state index is 9.84. The number of methoxy groups -OCH3 is 1. The summed E-state index contributed by atoms with van der Waals surface area (Å²) in [6.07, 6.45) is 1.83. The van der Waals surface area contributed by atoms with Crippen LogP contribution in [0.15, 0.2) is 30.9 Å². The fourth-order valence-corrected chi connectivity index (χ4v) is 0.975. The number of carbonyl (C=O) groups is 1. The maximum atomic E-state index is 9.84. The number of ether oxygens (including phenoxy) is 1. The molecule has 0 bridgehead atoms. The van der Waals surface area contributed by atoms with Crippen molar-refractivity contribution < 1.29 is 19.7 Å². The van der Waals surface area contributed by atoms with Crippen LogP contribution < -0.4 is 5.73 Å². The standard InChI is InChI=1S/C8H11NO2.C4H6O2/c9-4-3-6-1-2-7(10)8(11)5-6;1-3-4(5)6-2/h1-2,5,10-11H,3-4,9H2;3H,1H2,2H3. The van der Waals surface area contributed by atoms with E-state index in [-0.39, 0.29) is 11.5 Å². The molecular weight excluding hydrogens is 222 g/mol. The number of benzene rings is 1. The van der Waals surface area contributed by atoms with Gasteiger partial charge in [-0.3, -0.25) is 0 Å². The van der Waals surface area contributed by atoms with E-state index in [0.717, 1.165) is 11.6 Å². The van der Waals surface area contributed by atoms with E-state index in [1.165, 1.54) is 19.2 Å². The topological polar surface area (TPSA) is 92.8 Å². The molecule has 0 amide bonds. The van der Waals surface area contributed by atoms with Crippen LogP contribution in [0.3, 0.4) is 0 Å². The molecule has 1 aromatic carbocycles. The molecule has 0 radical (unpaired) electrons. The maximum Gasteiger partial charge on any atom is 0.329 e. The third kappa shape index (κ3) is 6.21. The number of phenols is 2. The molecule has 0 saturated carbocycles. The van der Waals surface area contributed by atoms with Crippen molar-refractivity contribution in [1.29, 1.82) is 0 Å². The number of hydrogen-bond acceptors (Lipinski definition) is 5. The van der Waals surface area contributed by atoms with Gasteiger partial charge in [0.05, 0.1) is 7.11 Å². The van der Waals surface area contributed by atoms with Gasteiger partial charge in [-0.1, -0.05) is 12.6 Å². The molecular formula is C12H17NO4. The molecule has 0 heterocycles. The van der Waals surface area contributed by atoms with Crippen molar-refractivity contribution in [2.45, 2.75) is 6.42 Å². The van der Waals surface area contributed by atoms with Crippen LogP contribution >= 0.6 is 0 Å². The van der Waals surface area contributed by atoms with Gasteiger partial charge in [-0.2, -0.15) is 0 Å². The van der Waals surface area contributed by atoms with E-state index in [1.54, 1.807) is 6.07 Å². The van der Waals surface area contributed by atoms with E-state index < -0.39 is 5.97 Å². The van der Waals surface area contributed by atoms with Crippen LogP contribution in [-0.2, 0) is 16.0 Å². The second kappa shape index (κ2) is 8.18. The Labute approximate surface area is 100 Å². The molecule has 0 spiro atoms. The Kier molecular flexibility index (Phi) is 7.21. The van der Waals surface area contributed by atoms with Gasteiger partial charge in [0.25, 0.3) is 0 Å². The summed E-state index contributed by atoms with van der Waals surface area (Å²) in [5, 5.41) is 18.0. The predicted molar refractivity (Wildman–Crippen MR) is 64.7 cm³/mol. The van der Waals surface area contributed by atoms with Crippen molar-refractivity contribution >= 4 is 5.97 Å². The highest BCUT2D eigenvalue weighted by Gasteiger charge is 1.98. The van der Waals surface area contributed by atoms with Crippen LogP contribution in [0.4, 0.5) is 0 Å². The van der Waals surface area contributed by atoms with Crippen LogP contribution in [0.2, 0.25) is 0 Å². The molecule has 0 aromatic heterocycles. The van der Waals surface area contributed by atoms with Gasteiger partial charge in [-0.05, 0) is 30.7 Å². The van der Waals surface area contributed by atoms with Crippen molar-refractivity contribution in [1.82, 2.24) is 0 Å². The van der Waals surface area contributed by atoms with Gasteiger partial charge in [-0.15, -0.1) is 0 Å². The van der Waals surface area contributed by atoms with Crippen LogP contribution in [-0.4, -0.2) is 29.8 Å². The summed E-state index contributed by atoms with van der Waals surface area (Å²) in [5.41, 5.74) is 6.24. The number of rotatable bonds is 3. The Morgan fingerprint density at radius 2 is 2.12 bits per heavy atom. The van der Waals surface area contributed by atoms with Crippen molar-refractivity contribution in [2.75, 3.05) is 13.7 Å². The first-order valence-corrected chi connectivity index (χ1v) is 4.96. The lowest BCUT2D eigenvalue weighted by atomic mass is 10.1. The second-order valence-corrected chi connectivity index (χ2v) is 3.09. The number of carbonyl (C=O) groups excluding carboxylic acids is 1. The third-order valence-electron chi connectivity index (χ3n) is 1.84. The summed E-state index contributed by atoms with van der Waals surface area (Å²) >= 11 is 0. The molecule has 5 nitrogen and oxygen atoms in total. The highest BCUT2D eigenvalue weighted by Crippen LogP contribution is 2.24. The lowest BCUT2D eigenvalue weighted by Gasteiger charge is -2.00. The molecule has 0 saturated heterocycles. The van der Waals surface area contributed by atoms with Crippen molar-refractivity contribution in [3.63, 3.8) is 0 Å². The van der Waals surface area contributed by atoms with E-state index >= 15 is 0 Å². The molecule has 0 fully saturated rings. The average Bonchev–Trinajstić information content (AvgIpc) is 2.34. The Bertz CT molecular complexity index is 377. The fourth-order valence-electron chi connectivity index (χ4n) is 0.975. The lowest BCUT2D eigenvalue weighted by molar-refractivity contribution is -0.134. The molecule has 0 aliphatic heterocycles. The summed E-state index contributed by atoms with van der Waals surface area (Å²) < 4.78 is 4.14. The van der Waals surface area contributed by atoms with Crippen LogP contribution in [0.25, 0.3) is 0 Å². The molecule has 0 aliphatic carbocycles. The highest BCUT2D eigenvalue weighted by molar-refractivity contribution is 5.80. The van der Waals surface area contributed by atoms with Gasteiger partial charge >= 0.3 is 5.97 Å². The summed E-state index contributed by atoms with van der Waals surface area (Å²) in [4.78, 5) is 9.84. The minimum absolute atomic E-state index is 0.0871. The van der Waals surface area contributed by atoms with E-state index in [4.69, 9.17) is 15.9 Å². The Hall–Kier alpha value is -2.01. The second-order valence-electron chi connectivity index (χ2n) is 3.09. The van der Waals surface area contributed by atoms with E-state index in [2.05, 4.69) is 11.3 Å². The number of phenolic OH excluding ortho intramolecular Hbond substituents is 2. The highest BCUT2D eigenvalue weighted by atomic mass is 16.5. The van der Waals surface area contributed by atoms with Gasteiger partial charge < -0.3 is 20.7 Å². The quantitative estimate of drug-likeness (QED) is 0.415. The Morgan fingerprint density at radius 3 is 2.47 bits per heavy atom. The van der Waals surface area contributed by atoms with Crippen LogP contribution in [0.5, 0.6) is 11.5 Å². The number of esters is 1. The molecule has 0 unspecified atom stereocenters. The Morgan fingerprint density at radius 1 is 1.47 bits per heavy atom. The number of hydrogen-bond donors (Lipinski definition) is 3. The SMILES string of the molecule is C=CC(=O)OC.NCCc1ccc(O)c(O)c1. The monoisotopic (exact) mass is 239 g/mol. The molecule has 1 rings (SSSR count). The molecule has 4 N–H and O–H groups in total. The van der Waals surface area contributed by atoms with E-state index in [1.807, 2.05) is 0 Å². The minimum Gasteiger partial charge on any atom is -0.504 e. The summed E-state index contributed by atoms with van der Waals surface area (Å²) in [7, 11) is 1.31. The van der Waals surface area contributed by atoms with Gasteiger partial charge in [0.1, 0.15) is 0 Å². The van der Waals surface area contributed by atoms with Gasteiger partial charge in [0.2, 0.25) is 0 Å². The summed E-state index contributed by atoms with van der Waals surface area (Å²) in [5.74, 6) is -0.572. The molecule has 1 aromatic rings. The zero-order valence-electron chi connectivity index (χ0n) is 9.72. The van der Waals surface area contributed by atoms with E-state index in [9.17, 15) is 4.79 Å². The molecule has 17 heavy (non-hydrogen) atoms. The fraction of sp³-hybridized carbons (Fsp3) is 0.250. The van der Waals surface area contributed by atoms with Crippen LogP contribution in [0.1, 0.15) is 5.56 Å². The molecule has 0 atom stereocenters. The number of nitrogens with two attached hydrogens (primary N) is 1. The number of aromatic hydroxyl groups is 2. The van der Waals surface area contributed by atoms with Crippen molar-refractivity contribution in [2.24, 2.45) is 5.73 Å². The van der Waals surface area contributed by atoms with Crippen LogP contribution in [0, 0.1) is 0 Å². The van der Waals surface area contributed by atoms with E-state index in [0.29, 0.717) is 13.0 Å². The summed E-state index contributed by atoms with van der Waals surface area (Å²) in [6.45, 7) is 3.70. The first-order valence-electron chi connectivity index (χ1n) is 4.96. The van der Waals surface area contributed by atoms with Gasteiger partial charge in [0.15, 0.2) is 11.5 Å². The largest absolute Gasteiger partial charge is 0.504 e. The zero-order valence-corrected chi connectivity index (χ0v) is 9.72. The minimum atomic E-state index is -0.394. The third-order valence-corrected chi connectivity index (χ3v) is 1.84. The van der Waals surface area contributed by atoms with Crippen molar-refractivity contribution in [3.8, 4) is 11.5 Å². The summed E-state index contributed by atoms with van der Waals surface area (Å²) in [6, 6.07) is 4.71. The zero-order chi connectivity index (χ0) is 13.3. The lowest BCUT2D eigenvalue weighted by Crippen LogP contribution is -2.02. The molecule has 0 aliphatic rings. The first kappa shape index (κ1) is 15.0. The molecule has 94 valence electrons. The molecule has 5 heteroatoms. The average molecular weight is 239 g/mol. The normalized spacial score (nSPS) is 8.82. The van der Waals surface area contributed by atoms with Crippen molar-refractivity contribution in [3.05, 3.63) is 36.4 Å². The van der Waals surface area contributed by atoms with Gasteiger partial charge in [-0.25, -0.2) is 4.79 Å². The van der Waals surface area contributed by atoms with Gasteiger partial charge in [0, 0.05) is 6.08 Å². The first-order chi connectivity index (χ1) is 8.04. The smallest absolute Gasteiger partial charge is 0.329 e. The predicted octanol–water partition coefficient (Wildman–Crippen LogP) is 0.944.